The number of carbonyl (C=O) groups is 1. The van der Waals surface area contributed by atoms with Gasteiger partial charge >= 0.3 is 5.97 Å². The summed E-state index contributed by atoms with van der Waals surface area (Å²) in [4.78, 5) is 15.0. The number of hydrogen-bond acceptors (Lipinski definition) is 7. The molecule has 0 spiro atoms. The maximum Gasteiger partial charge on any atom is 0.337 e. The Hall–Kier alpha value is -2.67. The Labute approximate surface area is 193 Å². The molecule has 2 aliphatic rings. The minimum absolute atomic E-state index is 0.211. The van der Waals surface area contributed by atoms with Crippen LogP contribution in [-0.4, -0.2) is 54.1 Å². The lowest BCUT2D eigenvalue weighted by molar-refractivity contribution is 0.0692. The molecule has 0 bridgehead atoms. The predicted molar refractivity (Wildman–Crippen MR) is 125 cm³/mol. The molecule has 2 aromatic carbocycles. The molecule has 10 nitrogen and oxygen atoms in total. The molecule has 5 N–H and O–H groups in total. The van der Waals surface area contributed by atoms with Crippen molar-refractivity contribution in [3.05, 3.63) is 48.0 Å². The Morgan fingerprint density at radius 2 is 1.27 bits per heavy atom. The van der Waals surface area contributed by atoms with Gasteiger partial charge < -0.3 is 14.9 Å². The highest BCUT2D eigenvalue weighted by Gasteiger charge is 2.23. The zero-order valence-corrected chi connectivity index (χ0v) is 19.7. The number of aromatic carboxylic acids is 1. The molecule has 180 valence electrons. The summed E-state index contributed by atoms with van der Waals surface area (Å²) in [6.07, 6.45) is 4.74. The van der Waals surface area contributed by atoms with E-state index in [1.807, 2.05) is 6.07 Å². The zero-order valence-electron chi connectivity index (χ0n) is 18.1. The van der Waals surface area contributed by atoms with Crippen molar-refractivity contribution in [2.75, 3.05) is 36.0 Å². The van der Waals surface area contributed by atoms with Gasteiger partial charge in [0.15, 0.2) is 0 Å². The van der Waals surface area contributed by atoms with Crippen LogP contribution in [0.2, 0.25) is 0 Å². The Kier molecular flexibility index (Phi) is 7.62. The number of primary sulfonamides is 2. The van der Waals surface area contributed by atoms with Gasteiger partial charge in [-0.2, -0.15) is 0 Å². The summed E-state index contributed by atoms with van der Waals surface area (Å²) < 4.78 is 44.9. The molecular weight excluding hydrogens is 468 g/mol. The van der Waals surface area contributed by atoms with E-state index in [0.29, 0.717) is 0 Å². The highest BCUT2D eigenvalue weighted by atomic mass is 32.2. The van der Waals surface area contributed by atoms with Crippen LogP contribution >= 0.6 is 0 Å². The number of benzene rings is 2. The summed E-state index contributed by atoms with van der Waals surface area (Å²) in [6.45, 7) is 4.09. The molecule has 0 saturated carbocycles. The van der Waals surface area contributed by atoms with E-state index in [0.717, 1.165) is 43.6 Å². The van der Waals surface area contributed by atoms with Gasteiger partial charge in [-0.25, -0.2) is 31.9 Å². The Bertz CT molecular complexity index is 1220. The molecule has 0 aliphatic carbocycles. The van der Waals surface area contributed by atoms with E-state index < -0.39 is 26.0 Å². The molecule has 33 heavy (non-hydrogen) atoms. The van der Waals surface area contributed by atoms with Crippen molar-refractivity contribution < 1.29 is 26.7 Å². The van der Waals surface area contributed by atoms with Crippen LogP contribution in [0.1, 0.15) is 36.0 Å². The van der Waals surface area contributed by atoms with Gasteiger partial charge in [0.25, 0.3) is 0 Å². The number of carboxylic acids is 1. The van der Waals surface area contributed by atoms with E-state index in [4.69, 9.17) is 15.4 Å². The van der Waals surface area contributed by atoms with E-state index in [9.17, 15) is 21.6 Å². The standard InChI is InChI=1S/C14H21N3O2S.C7H7NO4S/c15-20(18,19)12-5-6-13(16-7-1-2-8-16)14(11-12)17-9-3-4-10-17;8-13(11,12)6-4-2-1-3-5(6)7(9)10/h5-6,11H,1-4,7-10H2,(H2,15,18,19);1-4H,(H,9,10)(H2,8,11,12). The van der Waals surface area contributed by atoms with Crippen molar-refractivity contribution >= 4 is 37.4 Å². The van der Waals surface area contributed by atoms with Crippen LogP contribution in [0.4, 0.5) is 11.4 Å². The van der Waals surface area contributed by atoms with Gasteiger partial charge in [0, 0.05) is 26.2 Å². The third kappa shape index (κ3) is 6.22. The molecule has 0 aromatic heterocycles. The topological polar surface area (TPSA) is 164 Å². The highest BCUT2D eigenvalue weighted by molar-refractivity contribution is 7.89. The number of rotatable bonds is 5. The lowest BCUT2D eigenvalue weighted by atomic mass is 10.2. The summed E-state index contributed by atoms with van der Waals surface area (Å²) in [7, 11) is -7.60. The van der Waals surface area contributed by atoms with E-state index in [1.165, 1.54) is 43.9 Å². The van der Waals surface area contributed by atoms with Gasteiger partial charge in [-0.05, 0) is 56.0 Å². The minimum Gasteiger partial charge on any atom is -0.478 e. The molecule has 2 fully saturated rings. The molecular formula is C21H28N4O6S2. The lowest BCUT2D eigenvalue weighted by Gasteiger charge is -2.27. The highest BCUT2D eigenvalue weighted by Crippen LogP contribution is 2.35. The molecule has 2 aliphatic heterocycles. The molecule has 12 heteroatoms. The predicted octanol–water partition coefficient (Wildman–Crippen LogP) is 1.57. The summed E-state index contributed by atoms with van der Waals surface area (Å²) in [5.41, 5.74) is 1.86. The molecule has 0 unspecified atom stereocenters. The molecule has 2 heterocycles. The fraction of sp³-hybridized carbons (Fsp3) is 0.381. The SMILES string of the molecule is NS(=O)(=O)c1ccc(N2CCCC2)c(N2CCCC2)c1.NS(=O)(=O)c1ccccc1C(=O)O. The second-order valence-corrected chi connectivity index (χ2v) is 11.0. The first-order chi connectivity index (χ1) is 15.5. The number of sulfonamides is 2. The maximum atomic E-state index is 11.6. The van der Waals surface area contributed by atoms with Crippen molar-refractivity contribution in [3.63, 3.8) is 0 Å². The lowest BCUT2D eigenvalue weighted by Crippen LogP contribution is -2.25. The summed E-state index contributed by atoms with van der Waals surface area (Å²) in [6, 6.07) is 10.5. The third-order valence-corrected chi connectivity index (χ3v) is 7.47. The third-order valence-electron chi connectivity index (χ3n) is 5.59. The van der Waals surface area contributed by atoms with Crippen molar-refractivity contribution in [3.8, 4) is 0 Å². The van der Waals surface area contributed by atoms with Crippen molar-refractivity contribution in [1.29, 1.82) is 0 Å². The first kappa shape index (κ1) is 25.0. The largest absolute Gasteiger partial charge is 0.478 e. The van der Waals surface area contributed by atoms with Crippen molar-refractivity contribution in [1.82, 2.24) is 0 Å². The number of nitrogens with zero attached hydrogens (tertiary/aromatic N) is 2. The molecule has 0 atom stereocenters. The average Bonchev–Trinajstić information content (AvgIpc) is 3.47. The summed E-state index contributed by atoms with van der Waals surface area (Å²) >= 11 is 0. The van der Waals surface area contributed by atoms with Gasteiger partial charge in [-0.1, -0.05) is 12.1 Å². The fourth-order valence-corrected chi connectivity index (χ4v) is 5.27. The van der Waals surface area contributed by atoms with Crippen molar-refractivity contribution in [2.45, 2.75) is 35.5 Å². The van der Waals surface area contributed by atoms with Crippen LogP contribution in [0.25, 0.3) is 0 Å². The quantitative estimate of drug-likeness (QED) is 0.561. The van der Waals surface area contributed by atoms with Crippen LogP contribution < -0.4 is 20.1 Å². The number of anilines is 2. The van der Waals surface area contributed by atoms with E-state index in [2.05, 4.69) is 9.80 Å². The smallest absolute Gasteiger partial charge is 0.337 e. The molecule has 2 aromatic rings. The Morgan fingerprint density at radius 3 is 1.73 bits per heavy atom. The van der Waals surface area contributed by atoms with Crippen LogP contribution in [-0.2, 0) is 20.0 Å². The van der Waals surface area contributed by atoms with Crippen LogP contribution in [0.5, 0.6) is 0 Å². The Morgan fingerprint density at radius 1 is 0.758 bits per heavy atom. The average molecular weight is 497 g/mol. The van der Waals surface area contributed by atoms with Gasteiger partial charge in [0.2, 0.25) is 20.0 Å². The molecule has 0 radical (unpaired) electrons. The van der Waals surface area contributed by atoms with Gasteiger partial charge in [-0.3, -0.25) is 0 Å². The first-order valence-corrected chi connectivity index (χ1v) is 13.6. The number of carboxylic acid groups (broad SMARTS) is 1. The van der Waals surface area contributed by atoms with Crippen LogP contribution in [0.3, 0.4) is 0 Å². The normalized spacial score (nSPS) is 16.4. The summed E-state index contributed by atoms with van der Waals surface area (Å²) in [5, 5.41) is 18.7. The monoisotopic (exact) mass is 496 g/mol. The summed E-state index contributed by atoms with van der Waals surface area (Å²) in [5.74, 6) is -1.32. The first-order valence-electron chi connectivity index (χ1n) is 10.5. The number of nitrogens with two attached hydrogens (primary N) is 2. The van der Waals surface area contributed by atoms with Gasteiger partial charge in [-0.15, -0.1) is 0 Å². The molecule has 2 saturated heterocycles. The van der Waals surface area contributed by atoms with Gasteiger partial charge in [0.1, 0.15) is 0 Å². The maximum absolute atomic E-state index is 11.6. The Balaban J connectivity index is 0.000000205. The second kappa shape index (κ2) is 10.1. The minimum atomic E-state index is -3.96. The van der Waals surface area contributed by atoms with Crippen LogP contribution in [0, 0.1) is 0 Å². The molecule has 0 amide bonds. The van der Waals surface area contributed by atoms with E-state index >= 15 is 0 Å². The van der Waals surface area contributed by atoms with Gasteiger partial charge in [0.05, 0.1) is 26.7 Å². The van der Waals surface area contributed by atoms with Crippen molar-refractivity contribution in [2.24, 2.45) is 10.3 Å². The van der Waals surface area contributed by atoms with Crippen LogP contribution in [0.15, 0.2) is 52.3 Å². The number of hydrogen-bond donors (Lipinski definition) is 3. The zero-order chi connectivity index (χ0) is 24.2. The molecule has 4 rings (SSSR count). The fourth-order valence-electron chi connectivity index (χ4n) is 4.01. The van der Waals surface area contributed by atoms with E-state index in [1.54, 1.807) is 12.1 Å². The van der Waals surface area contributed by atoms with E-state index in [-0.39, 0.29) is 15.4 Å². The second-order valence-electron chi connectivity index (χ2n) is 7.93.